The number of carbonyl (C=O) groups excluding carboxylic acids is 1. The number of ether oxygens (including phenoxy) is 11. The number of cyclic esters (lactones) is 1. The minimum Gasteiger partial charge on any atom is -0.453 e. The Kier molecular flexibility index (Phi) is 15.9. The summed E-state index contributed by atoms with van der Waals surface area (Å²) in [7, 11) is 1.20. The number of aliphatic hydroxyl groups is 12. The van der Waals surface area contributed by atoms with E-state index in [1.165, 1.54) is 14.0 Å². The molecular weight excluding hydrogens is 1030 g/mol. The van der Waals surface area contributed by atoms with Gasteiger partial charge in [-0.25, -0.2) is 0 Å². The van der Waals surface area contributed by atoms with E-state index in [1.807, 2.05) is 26.8 Å². The summed E-state index contributed by atoms with van der Waals surface area (Å²) in [6, 6.07) is 0. The largest absolute Gasteiger partial charge is 0.453 e. The molecule has 0 aromatic rings. The van der Waals surface area contributed by atoms with E-state index in [4.69, 9.17) is 52.1 Å². The fourth-order valence-electron chi connectivity index (χ4n) is 16.7. The third-order valence-corrected chi connectivity index (χ3v) is 21.1. The van der Waals surface area contributed by atoms with E-state index < -0.39 is 193 Å². The molecule has 3 saturated carbocycles. The molecular formula is C54H86O24. The highest BCUT2D eigenvalue weighted by Crippen LogP contribution is 2.77. The van der Waals surface area contributed by atoms with E-state index in [-0.39, 0.29) is 24.9 Å². The van der Waals surface area contributed by atoms with Crippen LogP contribution in [0, 0.1) is 33.5 Å². The fraction of sp³-hybridized carbons (Fsp3) is 0.944. The summed E-state index contributed by atoms with van der Waals surface area (Å²) >= 11 is 0. The van der Waals surface area contributed by atoms with Crippen molar-refractivity contribution in [2.45, 2.75) is 259 Å². The van der Waals surface area contributed by atoms with Crippen LogP contribution in [0.15, 0.2) is 11.6 Å². The van der Waals surface area contributed by atoms with Gasteiger partial charge in [-0.3, -0.25) is 4.79 Å². The highest BCUT2D eigenvalue weighted by atomic mass is 16.8. The zero-order chi connectivity index (χ0) is 56.8. The van der Waals surface area contributed by atoms with Gasteiger partial charge in [0.25, 0.3) is 0 Å². The monoisotopic (exact) mass is 1120 g/mol. The second-order valence-corrected chi connectivity index (χ2v) is 26.0. The molecule has 0 bridgehead atoms. The topological polar surface area (TPSA) is 361 Å². The van der Waals surface area contributed by atoms with E-state index >= 15 is 0 Å². The van der Waals surface area contributed by atoms with Gasteiger partial charge in [0.1, 0.15) is 103 Å². The molecule has 6 aliphatic heterocycles. The first-order chi connectivity index (χ1) is 36.5. The maximum atomic E-state index is 14.6. The lowest BCUT2D eigenvalue weighted by Gasteiger charge is -2.64. The molecule has 4 aliphatic carbocycles. The minimum absolute atomic E-state index is 0.0338. The molecule has 10 rings (SSSR count). The lowest BCUT2D eigenvalue weighted by Crippen LogP contribution is -2.69. The third kappa shape index (κ3) is 8.70. The van der Waals surface area contributed by atoms with E-state index in [1.54, 1.807) is 6.92 Å². The fourth-order valence-corrected chi connectivity index (χ4v) is 16.7. The molecule has 78 heavy (non-hydrogen) atoms. The van der Waals surface area contributed by atoms with Crippen LogP contribution in [0.25, 0.3) is 0 Å². The van der Waals surface area contributed by atoms with Gasteiger partial charge < -0.3 is 113 Å². The van der Waals surface area contributed by atoms with E-state index in [2.05, 4.69) is 20.8 Å². The Morgan fingerprint density at radius 1 is 0.628 bits per heavy atom. The Morgan fingerprint density at radius 3 is 1.85 bits per heavy atom. The summed E-state index contributed by atoms with van der Waals surface area (Å²) in [4.78, 5) is 14.6. The first kappa shape index (κ1) is 59.5. The van der Waals surface area contributed by atoms with Crippen molar-refractivity contribution in [3.05, 3.63) is 11.6 Å². The minimum atomic E-state index is -1.92. The van der Waals surface area contributed by atoms with Crippen molar-refractivity contribution < 1.29 is 118 Å². The van der Waals surface area contributed by atoms with Crippen LogP contribution in [0.4, 0.5) is 0 Å². The molecule has 10 aliphatic rings. The van der Waals surface area contributed by atoms with E-state index in [0.29, 0.717) is 38.5 Å². The lowest BCUT2D eigenvalue weighted by atomic mass is 9.40. The molecule has 0 aromatic heterocycles. The van der Waals surface area contributed by atoms with Crippen LogP contribution in [0.3, 0.4) is 0 Å². The van der Waals surface area contributed by atoms with Gasteiger partial charge in [-0.05, 0) is 107 Å². The van der Waals surface area contributed by atoms with Gasteiger partial charge in [-0.2, -0.15) is 0 Å². The average Bonchev–Trinajstić information content (AvgIpc) is 2.05. The van der Waals surface area contributed by atoms with Crippen molar-refractivity contribution in [2.24, 2.45) is 33.5 Å². The molecule has 1 spiro atoms. The van der Waals surface area contributed by atoms with Crippen molar-refractivity contribution in [1.29, 1.82) is 0 Å². The average molecular weight is 1120 g/mol. The molecule has 9 fully saturated rings. The lowest BCUT2D eigenvalue weighted by molar-refractivity contribution is -0.389. The number of hydrogen-bond donors (Lipinski definition) is 12. The van der Waals surface area contributed by atoms with Gasteiger partial charge in [-0.15, -0.1) is 0 Å². The highest BCUT2D eigenvalue weighted by molar-refractivity contribution is 5.86. The van der Waals surface area contributed by atoms with Gasteiger partial charge in [-0.1, -0.05) is 39.3 Å². The first-order valence-corrected chi connectivity index (χ1v) is 27.9. The molecule has 6 heterocycles. The van der Waals surface area contributed by atoms with Gasteiger partial charge in [0.05, 0.1) is 43.7 Å². The Labute approximate surface area is 453 Å². The maximum absolute atomic E-state index is 14.6. The van der Waals surface area contributed by atoms with E-state index in [0.717, 1.165) is 12.0 Å². The first-order valence-electron chi connectivity index (χ1n) is 27.9. The Hall–Kier alpha value is -1.67. The normalized spacial score (nSPS) is 55.6. The van der Waals surface area contributed by atoms with Gasteiger partial charge in [0.15, 0.2) is 30.8 Å². The summed E-state index contributed by atoms with van der Waals surface area (Å²) in [5.41, 5.74) is -6.01. The predicted molar refractivity (Wildman–Crippen MR) is 263 cm³/mol. The standard InChI is InChI=1S/C54H86O24/c1-22-39(74-45-38(65)41(34(61)27(20-56)72-45)75-44-37(64)40(68-9)33(60)26(19-55)71-44)35(62)36(63)43(70-22)76-42-32(59)25(57)21-69-46(42)73-30-13-15-50(6)24-18-29(58)54-47(66)78-52(8,31-12-14-48(2,3)77-31)53(54,67)17-16-51(54,7)23(24)10-11-28(50)49(30,4)5/h18,22-23,25-46,55-65,67H,10-17,19-21H2,1-9H3/t22-,23?,25-,26-,27-,28?,29+,30+,31?,32+,33-,34-,35-,36-,37-,38-,39-,40+,41+,42-,43-,44+,45+,46+,50-,51+,52+,53+,54?/m1/s1. The molecule has 0 amide bonds. The second kappa shape index (κ2) is 20.8. The molecule has 0 radical (unpaired) electrons. The summed E-state index contributed by atoms with van der Waals surface area (Å²) in [5.74, 6) is -0.775. The number of allylic oxidation sites excluding steroid dienone is 1. The van der Waals surface area contributed by atoms with Crippen LogP contribution < -0.4 is 0 Å². The van der Waals surface area contributed by atoms with Crippen molar-refractivity contribution >= 4 is 5.97 Å². The van der Waals surface area contributed by atoms with E-state index in [9.17, 15) is 66.1 Å². The maximum Gasteiger partial charge on any atom is 0.319 e. The summed E-state index contributed by atoms with van der Waals surface area (Å²) in [5, 5.41) is 135. The number of esters is 1. The van der Waals surface area contributed by atoms with Crippen molar-refractivity contribution in [1.82, 2.24) is 0 Å². The Bertz CT molecular complexity index is 2220. The van der Waals surface area contributed by atoms with Crippen LogP contribution in [0.5, 0.6) is 0 Å². The predicted octanol–water partition coefficient (Wildman–Crippen LogP) is -2.09. The van der Waals surface area contributed by atoms with Crippen LogP contribution in [0.1, 0.15) is 107 Å². The molecule has 6 saturated heterocycles. The number of rotatable bonds is 12. The number of aliphatic hydroxyl groups excluding tert-OH is 11. The van der Waals surface area contributed by atoms with Gasteiger partial charge >= 0.3 is 5.97 Å². The van der Waals surface area contributed by atoms with Crippen LogP contribution >= 0.6 is 0 Å². The third-order valence-electron chi connectivity index (χ3n) is 21.1. The van der Waals surface area contributed by atoms with Crippen LogP contribution in [-0.4, -0.2) is 246 Å². The molecule has 446 valence electrons. The molecule has 29 atom stereocenters. The number of hydrogen-bond acceptors (Lipinski definition) is 24. The quantitative estimate of drug-likeness (QED) is 0.0566. The summed E-state index contributed by atoms with van der Waals surface area (Å²) < 4.78 is 66.1. The van der Waals surface area contributed by atoms with Crippen LogP contribution in [-0.2, 0) is 56.9 Å². The SMILES string of the molecule is CO[C@@H]1[C@@H](O)[C@H](O[C@@H]2[C@@H](O)[C@H](O[C@H]3[C@H](O)[C@@H](O)[C@@H](O[C@H]4[C@H](O[C@H]5CC[C@]6(C)C7=C[C@H](O)C89C(=O)O[C@@](C)(C%10CCC(C)(C)O%10)[C@@]8(O)CC[C@@]9(C)C7CCC6C5(C)C)OC[C@@H](O)[C@@H]4O)O[C@@H]3C)O[C@H](CO)[C@H]2O)O[C@H](CO)[C@H]1O. The van der Waals surface area contributed by atoms with Crippen molar-refractivity contribution in [2.75, 3.05) is 26.9 Å². The second-order valence-electron chi connectivity index (χ2n) is 26.0. The van der Waals surface area contributed by atoms with Gasteiger partial charge in [0.2, 0.25) is 0 Å². The van der Waals surface area contributed by atoms with Crippen LogP contribution in [0.2, 0.25) is 0 Å². The zero-order valence-electron chi connectivity index (χ0n) is 46.0. The Balaban J connectivity index is 0.823. The Morgan fingerprint density at radius 2 is 1.23 bits per heavy atom. The number of fused-ring (bicyclic) bond motifs is 4. The molecule has 0 aromatic carbocycles. The molecule has 12 N–H and O–H groups in total. The molecule has 4 unspecified atom stereocenters. The number of carbonyl (C=O) groups is 1. The molecule has 24 nitrogen and oxygen atoms in total. The van der Waals surface area contributed by atoms with Crippen molar-refractivity contribution in [3.8, 4) is 0 Å². The smallest absolute Gasteiger partial charge is 0.319 e. The molecule has 24 heteroatoms. The summed E-state index contributed by atoms with van der Waals surface area (Å²) in [6.07, 6.45) is -26.0. The summed E-state index contributed by atoms with van der Waals surface area (Å²) in [6.45, 7) is 13.8. The van der Waals surface area contributed by atoms with Crippen molar-refractivity contribution in [3.63, 3.8) is 0 Å². The van der Waals surface area contributed by atoms with Gasteiger partial charge in [0, 0.05) is 7.11 Å². The number of methoxy groups -OCH3 is 1. The highest BCUT2D eigenvalue weighted by Gasteiger charge is 2.87. The zero-order valence-corrected chi connectivity index (χ0v) is 46.0.